The quantitative estimate of drug-likeness (QED) is 0.582. The molecule has 0 aromatic carbocycles. The fraction of sp³-hybridized carbons (Fsp3) is 0.900. The summed E-state index contributed by atoms with van der Waals surface area (Å²) < 4.78 is -0.642. The minimum atomic E-state index is -1.53. The Morgan fingerprint density at radius 2 is 1.53 bits per heavy atom. The first kappa shape index (κ1) is 14.9. The van der Waals surface area contributed by atoms with E-state index < -0.39 is 24.8 Å². The van der Waals surface area contributed by atoms with Gasteiger partial charge in [0.15, 0.2) is 0 Å². The van der Waals surface area contributed by atoms with Gasteiger partial charge < -0.3 is 0 Å². The van der Waals surface area contributed by atoms with Gasteiger partial charge >= 0.3 is 95.3 Å². The average Bonchev–Trinajstić information content (AvgIpc) is 2.17. The summed E-state index contributed by atoms with van der Waals surface area (Å²) in [6.07, 6.45) is 1.37. The average molecular weight is 280 g/mol. The van der Waals surface area contributed by atoms with Crippen LogP contribution in [0.25, 0.3) is 0 Å². The second-order valence-electron chi connectivity index (χ2n) is 4.01. The number of aliphatic carboxylic acids is 1. The second kappa shape index (κ2) is 7.26. The summed E-state index contributed by atoms with van der Waals surface area (Å²) in [5, 5.41) is 28.3. The Hall–Kier alpha value is -0.0516. The molecule has 0 aliphatic carbocycles. The number of carboxylic acids is 1. The molecule has 3 N–H and O–H groups in total. The summed E-state index contributed by atoms with van der Waals surface area (Å²) >= 11 is -1.53. The van der Waals surface area contributed by atoms with Gasteiger partial charge in [0, 0.05) is 0 Å². The van der Waals surface area contributed by atoms with E-state index in [0.29, 0.717) is 12.8 Å². The normalized spacial score (nSPS) is 12.1. The summed E-state index contributed by atoms with van der Waals surface area (Å²) in [7, 11) is 0. The van der Waals surface area contributed by atoms with Crippen LogP contribution < -0.4 is 0 Å². The van der Waals surface area contributed by atoms with E-state index in [2.05, 4.69) is 0 Å². The third-order valence-electron chi connectivity index (χ3n) is 2.49. The monoisotopic (exact) mass is 280 g/mol. The second-order valence-corrected chi connectivity index (χ2v) is 10.5. The zero-order valence-corrected chi connectivity index (χ0v) is 11.3. The molecule has 4 nitrogen and oxygen atoms in total. The van der Waals surface area contributed by atoms with Crippen molar-refractivity contribution in [1.82, 2.24) is 0 Å². The summed E-state index contributed by atoms with van der Waals surface area (Å²) in [5.41, 5.74) is 0. The van der Waals surface area contributed by atoms with E-state index in [9.17, 15) is 4.79 Å². The molecule has 0 aliphatic heterocycles. The van der Waals surface area contributed by atoms with Gasteiger partial charge in [-0.05, 0) is 0 Å². The summed E-state index contributed by atoms with van der Waals surface area (Å²) in [6.45, 7) is 3.79. The molecule has 0 aromatic heterocycles. The van der Waals surface area contributed by atoms with Crippen LogP contribution in [0.5, 0.6) is 0 Å². The van der Waals surface area contributed by atoms with Crippen LogP contribution >= 0.6 is 0 Å². The van der Waals surface area contributed by atoms with Crippen molar-refractivity contribution in [2.45, 2.75) is 41.3 Å². The fourth-order valence-electron chi connectivity index (χ4n) is 1.33. The molecule has 0 saturated carbocycles. The number of carboxylic acid groups (broad SMARTS) is 1. The van der Waals surface area contributed by atoms with Crippen molar-refractivity contribution in [2.75, 3.05) is 13.2 Å². The molecule has 5 heteroatoms. The number of aliphatic hydroxyl groups excluding tert-OH is 2. The van der Waals surface area contributed by atoms with Crippen molar-refractivity contribution in [3.05, 3.63) is 0 Å². The summed E-state index contributed by atoms with van der Waals surface area (Å²) in [6, 6.07) is 0. The third kappa shape index (κ3) is 5.00. The Morgan fingerprint density at radius 3 is 1.80 bits per heavy atom. The van der Waals surface area contributed by atoms with Crippen LogP contribution in [-0.4, -0.2) is 49.2 Å². The first-order chi connectivity index (χ1) is 6.96. The molecule has 15 heavy (non-hydrogen) atoms. The summed E-state index contributed by atoms with van der Waals surface area (Å²) in [4.78, 5) is 11.1. The van der Waals surface area contributed by atoms with E-state index >= 15 is 0 Å². The van der Waals surface area contributed by atoms with Gasteiger partial charge in [-0.2, -0.15) is 0 Å². The van der Waals surface area contributed by atoms with Crippen LogP contribution in [0.1, 0.15) is 26.7 Å². The molecule has 0 unspecified atom stereocenters. The molecule has 0 radical (unpaired) electrons. The number of hydrogen-bond donors (Lipinski definition) is 3. The predicted molar refractivity (Wildman–Crippen MR) is 60.5 cm³/mol. The predicted octanol–water partition coefficient (Wildman–Crippen LogP) is 1.11. The Kier molecular flexibility index (Phi) is 7.23. The van der Waals surface area contributed by atoms with E-state index in [0.717, 1.165) is 10.4 Å². The number of carbonyl (C=O) groups is 1. The topological polar surface area (TPSA) is 77.8 Å². The van der Waals surface area contributed by atoms with Crippen LogP contribution in [0.3, 0.4) is 0 Å². The van der Waals surface area contributed by atoms with Gasteiger partial charge in [0.25, 0.3) is 0 Å². The van der Waals surface area contributed by atoms with Gasteiger partial charge in [0.1, 0.15) is 0 Å². The fourth-order valence-corrected chi connectivity index (χ4v) is 6.91. The van der Waals surface area contributed by atoms with Crippen LogP contribution in [0.4, 0.5) is 0 Å². The molecule has 0 bridgehead atoms. The minimum absolute atomic E-state index is 0.125. The van der Waals surface area contributed by atoms with Gasteiger partial charge in [-0.3, -0.25) is 0 Å². The number of hydrogen-bond acceptors (Lipinski definition) is 3. The van der Waals surface area contributed by atoms with Crippen molar-refractivity contribution in [3.63, 3.8) is 0 Å². The zero-order chi connectivity index (χ0) is 11.9. The van der Waals surface area contributed by atoms with Crippen LogP contribution in [0.15, 0.2) is 0 Å². The molecule has 90 valence electrons. The Labute approximate surface area is 95.6 Å². The van der Waals surface area contributed by atoms with Gasteiger partial charge in [-0.1, -0.05) is 0 Å². The number of aliphatic hydroxyl groups is 2. The van der Waals surface area contributed by atoms with E-state index in [1.807, 2.05) is 0 Å². The van der Waals surface area contributed by atoms with E-state index in [4.69, 9.17) is 15.3 Å². The molecule has 0 fully saturated rings. The van der Waals surface area contributed by atoms with Gasteiger partial charge in [-0.25, -0.2) is 0 Å². The van der Waals surface area contributed by atoms with Crippen LogP contribution in [-0.2, 0) is 4.79 Å². The van der Waals surface area contributed by atoms with E-state index in [1.165, 1.54) is 0 Å². The molecule has 0 amide bonds. The molecule has 0 aliphatic rings. The van der Waals surface area contributed by atoms with Crippen LogP contribution in [0.2, 0.25) is 14.6 Å². The Balaban J connectivity index is 4.38. The molecule has 0 rings (SSSR count). The van der Waals surface area contributed by atoms with Crippen molar-refractivity contribution < 1.29 is 20.1 Å². The molecule has 0 saturated heterocycles. The standard InChI is InChI=1S/C10H21AsO4/c1-10(2,9(14)15)11(5-3-7-12)6-4-8-13/h12-13H,3-8H2,1-2H3,(H,14,15). The molecular weight excluding hydrogens is 259 g/mol. The van der Waals surface area contributed by atoms with E-state index in [1.54, 1.807) is 13.8 Å². The Bertz CT molecular complexity index is 186. The maximum absolute atomic E-state index is 11.1. The Morgan fingerprint density at radius 1 is 1.13 bits per heavy atom. The summed E-state index contributed by atoms with van der Waals surface area (Å²) in [5.74, 6) is -0.752. The maximum atomic E-state index is 11.1. The molecule has 0 spiro atoms. The first-order valence-electron chi connectivity index (χ1n) is 5.17. The zero-order valence-electron chi connectivity index (χ0n) is 9.44. The van der Waals surface area contributed by atoms with Crippen molar-refractivity contribution in [2.24, 2.45) is 0 Å². The molecule has 0 heterocycles. The number of rotatable bonds is 8. The first-order valence-corrected chi connectivity index (χ1v) is 8.76. The van der Waals surface area contributed by atoms with Crippen molar-refractivity contribution in [3.8, 4) is 0 Å². The van der Waals surface area contributed by atoms with Gasteiger partial charge in [0.2, 0.25) is 0 Å². The SMILES string of the molecule is CC(C)(C(=O)O)[As](CCCO)CCCO. The van der Waals surface area contributed by atoms with Gasteiger partial charge in [-0.15, -0.1) is 0 Å². The molecule has 0 aromatic rings. The molecule has 0 atom stereocenters. The van der Waals surface area contributed by atoms with E-state index in [-0.39, 0.29) is 13.2 Å². The van der Waals surface area contributed by atoms with Crippen molar-refractivity contribution >= 4 is 20.6 Å². The molecular formula is C10H21AsO4. The van der Waals surface area contributed by atoms with Gasteiger partial charge in [0.05, 0.1) is 0 Å². The van der Waals surface area contributed by atoms with Crippen LogP contribution in [0, 0.1) is 0 Å². The van der Waals surface area contributed by atoms with Crippen molar-refractivity contribution in [1.29, 1.82) is 0 Å². The third-order valence-corrected chi connectivity index (χ3v) is 9.80.